The molecule has 0 radical (unpaired) electrons. The van der Waals surface area contributed by atoms with E-state index < -0.39 is 0 Å². The molecule has 0 fully saturated rings. The third-order valence-corrected chi connectivity index (χ3v) is 2.63. The molecule has 2 aromatic carbocycles. The van der Waals surface area contributed by atoms with Gasteiger partial charge in [-0.1, -0.05) is 0 Å². The van der Waals surface area contributed by atoms with E-state index in [0.717, 1.165) is 15.9 Å². The van der Waals surface area contributed by atoms with Gasteiger partial charge in [0.15, 0.2) is 0 Å². The molecule has 2 rings (SSSR count). The Morgan fingerprint density at radius 1 is 0.800 bits per heavy atom. The van der Waals surface area contributed by atoms with Crippen LogP contribution in [0.5, 0.6) is 5.75 Å². The molecule has 74 valence electrons. The fourth-order valence-electron chi connectivity index (χ4n) is 1.23. The summed E-state index contributed by atoms with van der Waals surface area (Å²) in [6, 6.07) is 19.7. The van der Waals surface area contributed by atoms with Crippen LogP contribution < -0.4 is 4.74 Å². The van der Waals surface area contributed by atoms with Crippen molar-refractivity contribution in [1.82, 2.24) is 0 Å². The Morgan fingerprint density at radius 2 is 1.33 bits per heavy atom. The van der Waals surface area contributed by atoms with Crippen molar-refractivity contribution in [2.24, 2.45) is 0 Å². The molecule has 0 saturated carbocycles. The first-order chi connectivity index (χ1) is 7.36. The molecule has 0 spiro atoms. The third kappa shape index (κ3) is 2.79. The molecule has 2 heteroatoms. The van der Waals surface area contributed by atoms with Crippen molar-refractivity contribution in [2.75, 3.05) is 0 Å². The summed E-state index contributed by atoms with van der Waals surface area (Å²) in [4.78, 5) is 0. The van der Waals surface area contributed by atoms with Crippen LogP contribution in [0.15, 0.2) is 60.7 Å². The van der Waals surface area contributed by atoms with Gasteiger partial charge in [-0.15, -0.1) is 0 Å². The van der Waals surface area contributed by atoms with Crippen molar-refractivity contribution >= 4 is 20.2 Å². The maximum absolute atomic E-state index is 5.66. The van der Waals surface area contributed by atoms with Gasteiger partial charge in [-0.25, -0.2) is 0 Å². The van der Waals surface area contributed by atoms with Crippen LogP contribution in [0.2, 0.25) is 0 Å². The van der Waals surface area contributed by atoms with Crippen molar-refractivity contribution in [3.8, 4) is 5.75 Å². The molecule has 0 aliphatic rings. The van der Waals surface area contributed by atoms with Crippen LogP contribution in [-0.4, -0.2) is 20.2 Å². The Kier molecular flexibility index (Phi) is 3.33. The topological polar surface area (TPSA) is 9.23 Å². The van der Waals surface area contributed by atoms with Crippen LogP contribution in [0.25, 0.3) is 0 Å². The van der Waals surface area contributed by atoms with Gasteiger partial charge in [-0.2, -0.15) is 0 Å². The van der Waals surface area contributed by atoms with Crippen molar-refractivity contribution in [1.29, 1.82) is 0 Å². The first-order valence-electron chi connectivity index (χ1n) is 4.68. The molecule has 0 bridgehead atoms. The number of hydrogen-bond acceptors (Lipinski definition) is 1. The number of hydrogen-bond donors (Lipinski definition) is 0. The molecule has 0 aliphatic heterocycles. The zero-order valence-corrected chi connectivity index (χ0v) is 9.80. The first-order valence-corrected chi connectivity index (χ1v) is 5.54. The van der Waals surface area contributed by atoms with Crippen LogP contribution in [0.3, 0.4) is 0 Å². The summed E-state index contributed by atoms with van der Waals surface area (Å²) in [5.74, 6) is 0.843. The quantitative estimate of drug-likeness (QED) is 0.771. The maximum atomic E-state index is 5.66. The van der Waals surface area contributed by atoms with E-state index in [-0.39, 0.29) is 0 Å². The van der Waals surface area contributed by atoms with Crippen molar-refractivity contribution in [3.05, 3.63) is 66.2 Å². The van der Waals surface area contributed by atoms with E-state index in [4.69, 9.17) is 4.74 Å². The molecule has 15 heavy (non-hydrogen) atoms. The molecule has 0 aromatic heterocycles. The van der Waals surface area contributed by atoms with Gasteiger partial charge in [-0.05, 0) is 0 Å². The van der Waals surface area contributed by atoms with Gasteiger partial charge in [0.25, 0.3) is 0 Å². The molecule has 2 aromatic rings. The van der Waals surface area contributed by atoms with Crippen molar-refractivity contribution in [2.45, 2.75) is 0 Å². The second-order valence-corrected chi connectivity index (χ2v) is 3.85. The van der Waals surface area contributed by atoms with Gasteiger partial charge < -0.3 is 0 Å². The van der Waals surface area contributed by atoms with E-state index in [1.54, 1.807) is 0 Å². The Bertz CT molecular complexity index is 437. The summed E-state index contributed by atoms with van der Waals surface area (Å²) in [5.41, 5.74) is 1.06. The molecule has 0 aliphatic carbocycles. The zero-order chi connectivity index (χ0) is 10.5. The van der Waals surface area contributed by atoms with Crippen LogP contribution in [0, 0.1) is 0 Å². The minimum atomic E-state index is 0.793. The average Bonchev–Trinajstić information content (AvgIpc) is 2.31. The molecular formula is C13H10OSe. The predicted octanol–water partition coefficient (Wildman–Crippen LogP) is 2.41. The first kappa shape index (κ1) is 10.2. The molecule has 0 amide bonds. The van der Waals surface area contributed by atoms with E-state index in [2.05, 4.69) is 15.6 Å². The summed E-state index contributed by atoms with van der Waals surface area (Å²) < 4.78 is 6.45. The van der Waals surface area contributed by atoms with Crippen LogP contribution in [0.4, 0.5) is 0 Å². The summed E-state index contributed by atoms with van der Waals surface area (Å²) in [6.07, 6.45) is 0. The second kappa shape index (κ2) is 4.92. The van der Waals surface area contributed by atoms with E-state index in [0.29, 0.717) is 0 Å². The summed E-state index contributed by atoms with van der Waals surface area (Å²) in [6.45, 7) is 0. The van der Waals surface area contributed by atoms with Crippen molar-refractivity contribution < 1.29 is 4.74 Å². The SMILES string of the molecule is [Se]=C(Oc1ccccc1)c1ccccc1. The Labute approximate surface area is 97.1 Å². The molecule has 0 unspecified atom stereocenters. The fraction of sp³-hybridized carbons (Fsp3) is 0. The molecule has 0 heterocycles. The summed E-state index contributed by atoms with van der Waals surface area (Å²) in [5, 5.41) is 0. The van der Waals surface area contributed by atoms with Crippen LogP contribution in [0.1, 0.15) is 5.56 Å². The normalized spacial score (nSPS) is 9.60. The van der Waals surface area contributed by atoms with Crippen LogP contribution >= 0.6 is 0 Å². The Balaban J connectivity index is 2.12. The fourth-order valence-corrected chi connectivity index (χ4v) is 1.72. The van der Waals surface area contributed by atoms with Gasteiger partial charge >= 0.3 is 96.9 Å². The van der Waals surface area contributed by atoms with E-state index in [1.165, 1.54) is 0 Å². The van der Waals surface area contributed by atoms with Gasteiger partial charge in [0.05, 0.1) is 0 Å². The Morgan fingerprint density at radius 3 is 1.93 bits per heavy atom. The number of ether oxygens (including phenoxy) is 1. The number of para-hydroxylation sites is 1. The third-order valence-electron chi connectivity index (χ3n) is 1.96. The molecule has 0 saturated heterocycles. The summed E-state index contributed by atoms with van der Waals surface area (Å²) in [7, 11) is 0. The van der Waals surface area contributed by atoms with E-state index in [9.17, 15) is 0 Å². The number of benzene rings is 2. The number of rotatable bonds is 3. The molecule has 0 atom stereocenters. The Hall–Kier alpha value is -1.37. The van der Waals surface area contributed by atoms with E-state index in [1.807, 2.05) is 60.7 Å². The monoisotopic (exact) mass is 262 g/mol. The second-order valence-electron chi connectivity index (χ2n) is 3.07. The van der Waals surface area contributed by atoms with Crippen LogP contribution in [-0.2, 0) is 0 Å². The molecular weight excluding hydrogens is 251 g/mol. The minimum absolute atomic E-state index is 0.793. The predicted molar refractivity (Wildman–Crippen MR) is 63.4 cm³/mol. The zero-order valence-electron chi connectivity index (χ0n) is 8.09. The van der Waals surface area contributed by atoms with Gasteiger partial charge in [0, 0.05) is 0 Å². The molecule has 1 nitrogen and oxygen atoms in total. The van der Waals surface area contributed by atoms with Gasteiger partial charge in [0.1, 0.15) is 0 Å². The average molecular weight is 261 g/mol. The van der Waals surface area contributed by atoms with Gasteiger partial charge in [0.2, 0.25) is 0 Å². The van der Waals surface area contributed by atoms with Crippen molar-refractivity contribution in [3.63, 3.8) is 0 Å². The van der Waals surface area contributed by atoms with E-state index >= 15 is 0 Å². The standard InChI is InChI=1S/C13H10OSe/c15-13(11-7-3-1-4-8-11)14-12-9-5-2-6-10-12/h1-10H. The summed E-state index contributed by atoms with van der Waals surface area (Å²) >= 11 is 2.94. The molecule has 0 N–H and O–H groups in total. The van der Waals surface area contributed by atoms with Gasteiger partial charge in [-0.3, -0.25) is 0 Å².